The molecule has 6 nitrogen and oxygen atoms in total. The molecule has 3 rings (SSSR count). The summed E-state index contributed by atoms with van der Waals surface area (Å²) >= 11 is 5.96. The Morgan fingerprint density at radius 1 is 1.03 bits per heavy atom. The van der Waals surface area contributed by atoms with Gasteiger partial charge >= 0.3 is 5.97 Å². The van der Waals surface area contributed by atoms with E-state index < -0.39 is 21.9 Å². The molecule has 0 unspecified atom stereocenters. The van der Waals surface area contributed by atoms with E-state index >= 15 is 0 Å². The van der Waals surface area contributed by atoms with Gasteiger partial charge in [0.25, 0.3) is 0 Å². The highest BCUT2D eigenvalue weighted by Crippen LogP contribution is 2.30. The number of aliphatic hydroxyl groups excluding tert-OH is 1. The van der Waals surface area contributed by atoms with Gasteiger partial charge in [-0.2, -0.15) is 0 Å². The zero-order valence-electron chi connectivity index (χ0n) is 19.3. The number of esters is 1. The number of rotatable bonds is 9. The Hall–Kier alpha value is -2.71. The normalized spacial score (nSPS) is 12.4. The Balaban J connectivity index is 1.62. The Morgan fingerprint density at radius 2 is 1.68 bits per heavy atom. The van der Waals surface area contributed by atoms with Crippen LogP contribution in [0.1, 0.15) is 35.3 Å². The van der Waals surface area contributed by atoms with Crippen LogP contribution in [-0.2, 0) is 21.1 Å². The van der Waals surface area contributed by atoms with Crippen LogP contribution in [0.2, 0.25) is 5.02 Å². The van der Waals surface area contributed by atoms with Crippen molar-refractivity contribution in [3.8, 4) is 5.75 Å². The monoisotopic (exact) mass is 501 g/mol. The second-order valence-corrected chi connectivity index (χ2v) is 10.5. The highest BCUT2D eigenvalue weighted by atomic mass is 35.5. The summed E-state index contributed by atoms with van der Waals surface area (Å²) in [4.78, 5) is 11.6. The van der Waals surface area contributed by atoms with Gasteiger partial charge in [-0.3, -0.25) is 4.79 Å². The van der Waals surface area contributed by atoms with Crippen molar-refractivity contribution in [1.29, 1.82) is 0 Å². The minimum Gasteiger partial charge on any atom is -0.426 e. The van der Waals surface area contributed by atoms with Gasteiger partial charge in [-0.1, -0.05) is 35.9 Å². The van der Waals surface area contributed by atoms with Crippen molar-refractivity contribution in [3.63, 3.8) is 0 Å². The van der Waals surface area contributed by atoms with Crippen LogP contribution >= 0.6 is 11.6 Å². The molecule has 34 heavy (non-hydrogen) atoms. The van der Waals surface area contributed by atoms with Crippen molar-refractivity contribution in [2.75, 3.05) is 13.1 Å². The van der Waals surface area contributed by atoms with Crippen molar-refractivity contribution in [3.05, 3.63) is 87.9 Å². The summed E-state index contributed by atoms with van der Waals surface area (Å²) in [6.45, 7) is 5.74. The average molecular weight is 502 g/mol. The summed E-state index contributed by atoms with van der Waals surface area (Å²) < 4.78 is 31.4. The summed E-state index contributed by atoms with van der Waals surface area (Å²) in [6.07, 6.45) is 0.0168. The van der Waals surface area contributed by atoms with Gasteiger partial charge in [0.1, 0.15) is 5.75 Å². The number of aryl methyl sites for hydroxylation is 2. The number of benzene rings is 3. The molecule has 180 valence electrons. The van der Waals surface area contributed by atoms with Gasteiger partial charge in [0, 0.05) is 18.5 Å². The number of hydrogen-bond donors (Lipinski definition) is 2. The minimum absolute atomic E-state index is 0.155. The number of carbonyl (C=O) groups excluding carboxylic acids is 1. The fourth-order valence-electron chi connectivity index (χ4n) is 3.64. The molecule has 0 saturated carbocycles. The van der Waals surface area contributed by atoms with Crippen molar-refractivity contribution in [1.82, 2.24) is 5.32 Å². The Bertz CT molecular complexity index is 1250. The van der Waals surface area contributed by atoms with Gasteiger partial charge in [0.05, 0.1) is 15.9 Å². The highest BCUT2D eigenvalue weighted by Gasteiger charge is 2.20. The number of carbonyl (C=O) groups is 1. The zero-order valence-corrected chi connectivity index (χ0v) is 20.9. The fourth-order valence-corrected chi connectivity index (χ4v) is 5.27. The van der Waals surface area contributed by atoms with E-state index in [-0.39, 0.29) is 9.79 Å². The SMILES string of the molecule is CC(=O)Oc1c(C)cc(S(=O)(=O)c2ccc(CCNC[C@@H](O)c3cccc(Cl)c3)cc2)cc1C. The molecule has 0 spiro atoms. The van der Waals surface area contributed by atoms with E-state index in [1.54, 1.807) is 56.3 Å². The second-order valence-electron chi connectivity index (χ2n) is 8.15. The van der Waals surface area contributed by atoms with Crippen molar-refractivity contribution in [2.45, 2.75) is 43.1 Å². The van der Waals surface area contributed by atoms with Crippen LogP contribution in [0, 0.1) is 13.8 Å². The van der Waals surface area contributed by atoms with Crippen LogP contribution in [-0.4, -0.2) is 32.6 Å². The lowest BCUT2D eigenvalue weighted by Gasteiger charge is -2.13. The predicted octanol–water partition coefficient (Wildman–Crippen LogP) is 4.58. The smallest absolute Gasteiger partial charge is 0.308 e. The third-order valence-electron chi connectivity index (χ3n) is 5.39. The summed E-state index contributed by atoms with van der Waals surface area (Å²) in [5, 5.41) is 14.1. The first-order valence-corrected chi connectivity index (χ1v) is 12.7. The molecule has 3 aromatic carbocycles. The van der Waals surface area contributed by atoms with E-state index in [2.05, 4.69) is 5.32 Å². The minimum atomic E-state index is -3.72. The van der Waals surface area contributed by atoms with Gasteiger partial charge < -0.3 is 15.2 Å². The van der Waals surface area contributed by atoms with Gasteiger partial charge in [0.2, 0.25) is 9.84 Å². The van der Waals surface area contributed by atoms with E-state index in [9.17, 15) is 18.3 Å². The largest absolute Gasteiger partial charge is 0.426 e. The zero-order chi connectivity index (χ0) is 24.9. The lowest BCUT2D eigenvalue weighted by Crippen LogP contribution is -2.23. The molecule has 0 aliphatic heterocycles. The summed E-state index contributed by atoms with van der Waals surface area (Å²) in [7, 11) is -3.72. The maximum atomic E-state index is 13.1. The van der Waals surface area contributed by atoms with E-state index in [0.29, 0.717) is 41.4 Å². The van der Waals surface area contributed by atoms with Gasteiger partial charge in [-0.05, 0) is 85.5 Å². The van der Waals surface area contributed by atoms with Crippen LogP contribution in [0.4, 0.5) is 0 Å². The maximum absolute atomic E-state index is 13.1. The standard InChI is InChI=1S/C26H28ClNO5S/c1-17-13-24(14-18(2)26(17)33-19(3)29)34(31,32)23-9-7-20(8-10-23)11-12-28-16-25(30)21-5-4-6-22(27)15-21/h4-10,13-15,25,28,30H,11-12,16H2,1-3H3/t25-/m1/s1. The molecule has 0 heterocycles. The molecule has 8 heteroatoms. The lowest BCUT2D eigenvalue weighted by molar-refractivity contribution is -0.131. The second kappa shape index (κ2) is 11.1. The quantitative estimate of drug-likeness (QED) is 0.253. The fraction of sp³-hybridized carbons (Fsp3) is 0.269. The molecule has 3 aromatic rings. The molecule has 0 saturated heterocycles. The van der Waals surface area contributed by atoms with Crippen LogP contribution in [0.3, 0.4) is 0 Å². The molecule has 0 aliphatic rings. The van der Waals surface area contributed by atoms with Crippen LogP contribution < -0.4 is 10.1 Å². The molecule has 0 aromatic heterocycles. The van der Waals surface area contributed by atoms with E-state index in [0.717, 1.165) is 11.1 Å². The molecule has 0 fully saturated rings. The van der Waals surface area contributed by atoms with Crippen LogP contribution in [0.5, 0.6) is 5.75 Å². The number of nitrogens with one attached hydrogen (secondary N) is 1. The molecular weight excluding hydrogens is 474 g/mol. The number of ether oxygens (including phenoxy) is 1. The van der Waals surface area contributed by atoms with Crippen LogP contribution in [0.15, 0.2) is 70.5 Å². The van der Waals surface area contributed by atoms with Crippen LogP contribution in [0.25, 0.3) is 0 Å². The van der Waals surface area contributed by atoms with E-state index in [1.165, 1.54) is 19.1 Å². The molecule has 0 amide bonds. The molecular formula is C26H28ClNO5S. The topological polar surface area (TPSA) is 92.7 Å². The number of aliphatic hydroxyl groups is 1. The molecule has 0 bridgehead atoms. The summed E-state index contributed by atoms with van der Waals surface area (Å²) in [6, 6.07) is 16.9. The van der Waals surface area contributed by atoms with Gasteiger partial charge in [0.15, 0.2) is 0 Å². The third-order valence-corrected chi connectivity index (χ3v) is 7.37. The molecule has 2 N–H and O–H groups in total. The van der Waals surface area contributed by atoms with Gasteiger partial charge in [-0.15, -0.1) is 0 Å². The predicted molar refractivity (Wildman–Crippen MR) is 132 cm³/mol. The first kappa shape index (κ1) is 25.9. The number of halogens is 1. The van der Waals surface area contributed by atoms with E-state index in [1.807, 2.05) is 6.07 Å². The first-order valence-electron chi connectivity index (χ1n) is 10.9. The molecule has 1 atom stereocenters. The molecule has 0 radical (unpaired) electrons. The Morgan fingerprint density at radius 3 is 2.26 bits per heavy atom. The molecule has 0 aliphatic carbocycles. The van der Waals surface area contributed by atoms with Gasteiger partial charge in [-0.25, -0.2) is 8.42 Å². The Kier molecular flexibility index (Phi) is 8.49. The van der Waals surface area contributed by atoms with Crippen molar-refractivity contribution < 1.29 is 23.1 Å². The lowest BCUT2D eigenvalue weighted by atomic mass is 10.1. The summed E-state index contributed by atoms with van der Waals surface area (Å²) in [5.41, 5.74) is 2.88. The number of sulfone groups is 1. The maximum Gasteiger partial charge on any atom is 0.308 e. The Labute approximate surface area is 205 Å². The van der Waals surface area contributed by atoms with Crippen molar-refractivity contribution in [2.24, 2.45) is 0 Å². The first-order chi connectivity index (χ1) is 16.1. The van der Waals surface area contributed by atoms with E-state index in [4.69, 9.17) is 16.3 Å². The third kappa shape index (κ3) is 6.45. The summed E-state index contributed by atoms with van der Waals surface area (Å²) in [5.74, 6) is -0.0689. The highest BCUT2D eigenvalue weighted by molar-refractivity contribution is 7.91. The number of hydrogen-bond acceptors (Lipinski definition) is 6. The van der Waals surface area contributed by atoms with Crippen molar-refractivity contribution >= 4 is 27.4 Å². The average Bonchev–Trinajstić information content (AvgIpc) is 2.79.